The third kappa shape index (κ3) is 6.64. The lowest BCUT2D eigenvalue weighted by Crippen LogP contribution is -2.25. The van der Waals surface area contributed by atoms with Gasteiger partial charge in [-0.2, -0.15) is 0 Å². The zero-order chi connectivity index (χ0) is 12.7. The topological polar surface area (TPSA) is 49.8 Å². The Kier molecular flexibility index (Phi) is 6.52. The zero-order valence-electron chi connectivity index (χ0n) is 11.0. The summed E-state index contributed by atoms with van der Waals surface area (Å²) in [6.07, 6.45) is 3.59. The fourth-order valence-corrected chi connectivity index (χ4v) is 2.06. The molecule has 0 radical (unpaired) electrons. The van der Waals surface area contributed by atoms with Crippen LogP contribution < -0.4 is 0 Å². The molecule has 0 aliphatic carbocycles. The summed E-state index contributed by atoms with van der Waals surface area (Å²) in [6, 6.07) is 0. The molecule has 0 spiro atoms. The van der Waals surface area contributed by atoms with Gasteiger partial charge < -0.3 is 14.7 Å². The first-order valence-corrected chi connectivity index (χ1v) is 6.63. The van der Waals surface area contributed by atoms with Crippen LogP contribution in [0.25, 0.3) is 0 Å². The molecule has 4 nitrogen and oxygen atoms in total. The molecule has 1 aliphatic rings. The smallest absolute Gasteiger partial charge is 0.303 e. The van der Waals surface area contributed by atoms with Gasteiger partial charge in [0.15, 0.2) is 0 Å². The van der Waals surface area contributed by atoms with Gasteiger partial charge in [0, 0.05) is 26.1 Å². The zero-order valence-corrected chi connectivity index (χ0v) is 11.0. The van der Waals surface area contributed by atoms with E-state index >= 15 is 0 Å². The van der Waals surface area contributed by atoms with Gasteiger partial charge in [-0.1, -0.05) is 13.8 Å². The van der Waals surface area contributed by atoms with Crippen LogP contribution in [0, 0.1) is 5.92 Å². The normalized spacial score (nSPS) is 21.2. The first-order chi connectivity index (χ1) is 8.08. The molecule has 1 atom stereocenters. The SMILES string of the molecule is CC(C)CCO[C@@H]1CCN(CCCC(=O)O)C1. The number of hydrogen-bond donors (Lipinski definition) is 1. The molecule has 4 heteroatoms. The maximum absolute atomic E-state index is 10.4. The molecule has 0 aromatic heterocycles. The summed E-state index contributed by atoms with van der Waals surface area (Å²) in [7, 11) is 0. The van der Waals surface area contributed by atoms with E-state index in [0.717, 1.165) is 45.5 Å². The number of ether oxygens (including phenoxy) is 1. The predicted octanol–water partition coefficient (Wildman–Crippen LogP) is 1.99. The van der Waals surface area contributed by atoms with Gasteiger partial charge in [-0.25, -0.2) is 0 Å². The fourth-order valence-electron chi connectivity index (χ4n) is 2.06. The molecule has 0 saturated carbocycles. The van der Waals surface area contributed by atoms with Gasteiger partial charge >= 0.3 is 5.97 Å². The molecule has 1 aliphatic heterocycles. The number of likely N-dealkylation sites (tertiary alicyclic amines) is 1. The third-order valence-corrected chi connectivity index (χ3v) is 3.14. The largest absolute Gasteiger partial charge is 0.481 e. The number of hydrogen-bond acceptors (Lipinski definition) is 3. The highest BCUT2D eigenvalue weighted by Gasteiger charge is 2.22. The molecule has 0 unspecified atom stereocenters. The minimum Gasteiger partial charge on any atom is -0.481 e. The summed E-state index contributed by atoms with van der Waals surface area (Å²) in [5.74, 6) is -0.00277. The van der Waals surface area contributed by atoms with Gasteiger partial charge in [-0.15, -0.1) is 0 Å². The Labute approximate surface area is 104 Å². The van der Waals surface area contributed by atoms with Crippen molar-refractivity contribution in [1.82, 2.24) is 4.90 Å². The van der Waals surface area contributed by atoms with Crippen molar-refractivity contribution in [3.63, 3.8) is 0 Å². The van der Waals surface area contributed by atoms with Crippen molar-refractivity contribution < 1.29 is 14.6 Å². The monoisotopic (exact) mass is 243 g/mol. The Hall–Kier alpha value is -0.610. The molecule has 0 aromatic rings. The maximum atomic E-state index is 10.4. The molecular formula is C13H25NO3. The first kappa shape index (κ1) is 14.5. The Morgan fingerprint density at radius 1 is 1.53 bits per heavy atom. The van der Waals surface area contributed by atoms with Gasteiger partial charge in [0.2, 0.25) is 0 Å². The predicted molar refractivity (Wildman–Crippen MR) is 67.1 cm³/mol. The summed E-state index contributed by atoms with van der Waals surface area (Å²) in [5, 5.41) is 8.56. The first-order valence-electron chi connectivity index (χ1n) is 6.63. The molecule has 1 fully saturated rings. The van der Waals surface area contributed by atoms with Crippen LogP contribution in [0.4, 0.5) is 0 Å². The van der Waals surface area contributed by atoms with E-state index in [2.05, 4.69) is 18.7 Å². The van der Waals surface area contributed by atoms with Gasteiger partial charge in [-0.3, -0.25) is 4.79 Å². The second-order valence-electron chi connectivity index (χ2n) is 5.26. The van der Waals surface area contributed by atoms with E-state index in [9.17, 15) is 4.79 Å². The Bertz CT molecular complexity index is 231. The lowest BCUT2D eigenvalue weighted by Gasteiger charge is -2.16. The third-order valence-electron chi connectivity index (χ3n) is 3.14. The molecule has 17 heavy (non-hydrogen) atoms. The van der Waals surface area contributed by atoms with E-state index in [-0.39, 0.29) is 6.42 Å². The molecule has 0 amide bonds. The molecule has 100 valence electrons. The van der Waals surface area contributed by atoms with Crippen LogP contribution in [0.15, 0.2) is 0 Å². The molecule has 0 bridgehead atoms. The molecular weight excluding hydrogens is 218 g/mol. The summed E-state index contributed by atoms with van der Waals surface area (Å²) in [5.41, 5.74) is 0. The van der Waals surface area contributed by atoms with Crippen LogP contribution in [-0.4, -0.2) is 48.3 Å². The Morgan fingerprint density at radius 3 is 2.94 bits per heavy atom. The highest BCUT2D eigenvalue weighted by atomic mass is 16.5. The van der Waals surface area contributed by atoms with Gasteiger partial charge in [0.25, 0.3) is 0 Å². The highest BCUT2D eigenvalue weighted by molar-refractivity contribution is 5.66. The number of carbonyl (C=O) groups is 1. The van der Waals surface area contributed by atoms with Crippen LogP contribution >= 0.6 is 0 Å². The van der Waals surface area contributed by atoms with Crippen molar-refractivity contribution in [1.29, 1.82) is 0 Å². The van der Waals surface area contributed by atoms with Gasteiger partial charge in [0.1, 0.15) is 0 Å². The quantitative estimate of drug-likeness (QED) is 0.708. The summed E-state index contributed by atoms with van der Waals surface area (Å²) in [4.78, 5) is 12.7. The van der Waals surface area contributed by atoms with E-state index < -0.39 is 5.97 Å². The maximum Gasteiger partial charge on any atom is 0.303 e. The van der Waals surface area contributed by atoms with Crippen molar-refractivity contribution >= 4 is 5.97 Å². The summed E-state index contributed by atoms with van der Waals surface area (Å²) >= 11 is 0. The Balaban J connectivity index is 2.04. The minimum atomic E-state index is -0.700. The molecule has 0 aromatic carbocycles. The average Bonchev–Trinajstić information content (AvgIpc) is 2.65. The average molecular weight is 243 g/mol. The second kappa shape index (κ2) is 7.67. The standard InChI is InChI=1S/C13H25NO3/c1-11(2)6-9-17-12-5-8-14(10-12)7-3-4-13(15)16/h11-12H,3-10H2,1-2H3,(H,15,16)/t12-/m1/s1. The van der Waals surface area contributed by atoms with E-state index in [1.165, 1.54) is 0 Å². The van der Waals surface area contributed by atoms with E-state index in [0.29, 0.717) is 12.0 Å². The number of carboxylic acids is 1. The van der Waals surface area contributed by atoms with Crippen LogP contribution in [0.3, 0.4) is 0 Å². The number of nitrogens with zero attached hydrogens (tertiary/aromatic N) is 1. The fraction of sp³-hybridized carbons (Fsp3) is 0.923. The summed E-state index contributed by atoms with van der Waals surface area (Å²) < 4.78 is 5.81. The van der Waals surface area contributed by atoms with Crippen molar-refractivity contribution in [3.8, 4) is 0 Å². The van der Waals surface area contributed by atoms with Crippen molar-refractivity contribution in [2.75, 3.05) is 26.2 Å². The second-order valence-corrected chi connectivity index (χ2v) is 5.26. The molecule has 1 N–H and O–H groups in total. The van der Waals surface area contributed by atoms with Gasteiger partial charge in [0.05, 0.1) is 6.10 Å². The summed E-state index contributed by atoms with van der Waals surface area (Å²) in [6.45, 7) is 8.16. The van der Waals surface area contributed by atoms with E-state index in [4.69, 9.17) is 9.84 Å². The van der Waals surface area contributed by atoms with Crippen LogP contribution in [0.5, 0.6) is 0 Å². The van der Waals surface area contributed by atoms with Gasteiger partial charge in [-0.05, 0) is 31.7 Å². The molecule has 1 rings (SSSR count). The van der Waals surface area contributed by atoms with Crippen molar-refractivity contribution in [2.24, 2.45) is 5.92 Å². The van der Waals surface area contributed by atoms with Crippen molar-refractivity contribution in [2.45, 2.75) is 45.6 Å². The lowest BCUT2D eigenvalue weighted by molar-refractivity contribution is -0.137. The highest BCUT2D eigenvalue weighted by Crippen LogP contribution is 2.14. The molecule has 1 heterocycles. The van der Waals surface area contributed by atoms with Crippen LogP contribution in [0.2, 0.25) is 0 Å². The number of rotatable bonds is 8. The van der Waals surface area contributed by atoms with Crippen LogP contribution in [0.1, 0.15) is 39.5 Å². The number of aliphatic carboxylic acids is 1. The Morgan fingerprint density at radius 2 is 2.29 bits per heavy atom. The number of carboxylic acid groups (broad SMARTS) is 1. The van der Waals surface area contributed by atoms with E-state index in [1.54, 1.807) is 0 Å². The van der Waals surface area contributed by atoms with Crippen molar-refractivity contribution in [3.05, 3.63) is 0 Å². The minimum absolute atomic E-state index is 0.273. The lowest BCUT2D eigenvalue weighted by atomic mass is 10.1. The molecule has 1 saturated heterocycles. The van der Waals surface area contributed by atoms with Crippen LogP contribution in [-0.2, 0) is 9.53 Å². The van der Waals surface area contributed by atoms with E-state index in [1.807, 2.05) is 0 Å².